The zero-order valence-electron chi connectivity index (χ0n) is 10.4. The minimum Gasteiger partial charge on any atom is -0.490 e. The Morgan fingerprint density at radius 2 is 2.28 bits per heavy atom. The number of hydrogen-bond acceptors (Lipinski definition) is 4. The molecule has 0 saturated heterocycles. The number of carboxylic acid groups (broad SMARTS) is 1. The van der Waals surface area contributed by atoms with Gasteiger partial charge in [-0.2, -0.15) is 0 Å². The van der Waals surface area contributed by atoms with Crippen molar-refractivity contribution in [2.75, 3.05) is 25.9 Å². The van der Waals surface area contributed by atoms with Crippen LogP contribution in [0.15, 0.2) is 18.2 Å². The Kier molecular flexibility index (Phi) is 3.72. The average Bonchev–Trinajstić information content (AvgIpc) is 3.15. The molecule has 0 bridgehead atoms. The minimum atomic E-state index is -0.977. The Morgan fingerprint density at radius 1 is 1.56 bits per heavy atom. The quantitative estimate of drug-likeness (QED) is 0.747. The summed E-state index contributed by atoms with van der Waals surface area (Å²) < 4.78 is 5.55. The van der Waals surface area contributed by atoms with E-state index in [9.17, 15) is 4.79 Å². The van der Waals surface area contributed by atoms with E-state index in [1.165, 1.54) is 25.0 Å². The number of anilines is 1. The molecule has 18 heavy (non-hydrogen) atoms. The second-order valence-electron chi connectivity index (χ2n) is 4.62. The number of rotatable bonds is 6. The van der Waals surface area contributed by atoms with Gasteiger partial charge in [-0.15, -0.1) is 0 Å². The molecule has 3 N–H and O–H groups in total. The highest BCUT2D eigenvalue weighted by molar-refractivity contribution is 5.89. The van der Waals surface area contributed by atoms with Crippen LogP contribution in [0.3, 0.4) is 0 Å². The monoisotopic (exact) mass is 250 g/mol. The lowest BCUT2D eigenvalue weighted by atomic mass is 10.2. The first-order valence-electron chi connectivity index (χ1n) is 6.04. The zero-order valence-corrected chi connectivity index (χ0v) is 10.4. The molecule has 0 aromatic heterocycles. The largest absolute Gasteiger partial charge is 0.490 e. The summed E-state index contributed by atoms with van der Waals surface area (Å²) in [5.74, 6) is -0.533. The van der Waals surface area contributed by atoms with Crippen molar-refractivity contribution >= 4 is 11.7 Å². The third-order valence-corrected chi connectivity index (χ3v) is 3.13. The van der Waals surface area contributed by atoms with Crippen LogP contribution in [-0.2, 0) is 0 Å². The standard InChI is InChI=1S/C13H18N2O3/c1-15(10-3-4-10)6-7-18-12-8-9(13(16)17)2-5-11(12)14/h2,5,8,10H,3-4,6-7,14H2,1H3,(H,16,17). The molecule has 1 saturated carbocycles. The highest BCUT2D eigenvalue weighted by Gasteiger charge is 2.25. The van der Waals surface area contributed by atoms with E-state index in [0.717, 1.165) is 6.54 Å². The average molecular weight is 250 g/mol. The molecule has 1 aromatic rings. The van der Waals surface area contributed by atoms with Crippen LogP contribution in [0.1, 0.15) is 23.2 Å². The number of carboxylic acids is 1. The van der Waals surface area contributed by atoms with E-state index < -0.39 is 5.97 Å². The van der Waals surface area contributed by atoms with Crippen molar-refractivity contribution in [1.82, 2.24) is 4.90 Å². The molecule has 2 rings (SSSR count). The second kappa shape index (κ2) is 5.27. The van der Waals surface area contributed by atoms with Gasteiger partial charge in [-0.3, -0.25) is 0 Å². The van der Waals surface area contributed by atoms with Crippen LogP contribution in [0.5, 0.6) is 5.75 Å². The van der Waals surface area contributed by atoms with Crippen molar-refractivity contribution in [3.8, 4) is 5.75 Å². The van der Waals surface area contributed by atoms with Gasteiger partial charge in [-0.1, -0.05) is 0 Å². The van der Waals surface area contributed by atoms with Crippen LogP contribution < -0.4 is 10.5 Å². The molecule has 1 aliphatic carbocycles. The normalized spacial score (nSPS) is 14.8. The number of nitrogens with zero attached hydrogens (tertiary/aromatic N) is 1. The van der Waals surface area contributed by atoms with Crippen LogP contribution in [0.4, 0.5) is 5.69 Å². The van der Waals surface area contributed by atoms with Crippen LogP contribution in [0.25, 0.3) is 0 Å². The molecule has 5 nitrogen and oxygen atoms in total. The van der Waals surface area contributed by atoms with E-state index in [-0.39, 0.29) is 5.56 Å². The Hall–Kier alpha value is -1.75. The number of aromatic carboxylic acids is 1. The fourth-order valence-electron chi connectivity index (χ4n) is 1.79. The summed E-state index contributed by atoms with van der Waals surface area (Å²) in [5.41, 5.74) is 6.40. The molecule has 0 aliphatic heterocycles. The minimum absolute atomic E-state index is 0.190. The van der Waals surface area contributed by atoms with Crippen molar-refractivity contribution in [2.45, 2.75) is 18.9 Å². The van der Waals surface area contributed by atoms with E-state index in [1.807, 2.05) is 0 Å². The Labute approximate surface area is 106 Å². The molecule has 1 aliphatic rings. The molecule has 0 unspecified atom stereocenters. The van der Waals surface area contributed by atoms with Gasteiger partial charge < -0.3 is 20.5 Å². The third kappa shape index (κ3) is 3.13. The summed E-state index contributed by atoms with van der Waals surface area (Å²) in [7, 11) is 2.07. The van der Waals surface area contributed by atoms with Gasteiger partial charge in [0.1, 0.15) is 12.4 Å². The van der Waals surface area contributed by atoms with E-state index in [4.69, 9.17) is 15.6 Å². The van der Waals surface area contributed by atoms with E-state index in [1.54, 1.807) is 6.07 Å². The molecule has 0 amide bonds. The maximum absolute atomic E-state index is 10.8. The lowest BCUT2D eigenvalue weighted by Crippen LogP contribution is -2.26. The van der Waals surface area contributed by atoms with Gasteiger partial charge in [-0.25, -0.2) is 4.79 Å². The lowest BCUT2D eigenvalue weighted by Gasteiger charge is -2.16. The Balaban J connectivity index is 1.91. The molecule has 1 aromatic carbocycles. The Morgan fingerprint density at radius 3 is 2.89 bits per heavy atom. The number of ether oxygens (including phenoxy) is 1. The number of benzene rings is 1. The van der Waals surface area contributed by atoms with Gasteiger partial charge in [0.15, 0.2) is 0 Å². The summed E-state index contributed by atoms with van der Waals surface area (Å²) in [6.07, 6.45) is 2.51. The van der Waals surface area contributed by atoms with E-state index in [2.05, 4.69) is 11.9 Å². The maximum atomic E-state index is 10.8. The van der Waals surface area contributed by atoms with Crippen LogP contribution in [0, 0.1) is 0 Å². The number of carbonyl (C=O) groups is 1. The topological polar surface area (TPSA) is 75.8 Å². The summed E-state index contributed by atoms with van der Waals surface area (Å²) in [5, 5.41) is 8.89. The maximum Gasteiger partial charge on any atom is 0.335 e. The smallest absolute Gasteiger partial charge is 0.335 e. The molecule has 0 radical (unpaired) electrons. The van der Waals surface area contributed by atoms with Gasteiger partial charge in [-0.05, 0) is 38.1 Å². The van der Waals surface area contributed by atoms with Crippen molar-refractivity contribution in [3.63, 3.8) is 0 Å². The molecular formula is C13H18N2O3. The predicted molar refractivity (Wildman–Crippen MR) is 69.0 cm³/mol. The van der Waals surface area contributed by atoms with Crippen LogP contribution in [-0.4, -0.2) is 42.2 Å². The Bertz CT molecular complexity index is 444. The van der Waals surface area contributed by atoms with Gasteiger partial charge in [0, 0.05) is 12.6 Å². The molecule has 5 heteroatoms. The number of nitrogen functional groups attached to an aromatic ring is 1. The van der Waals surface area contributed by atoms with Crippen molar-refractivity contribution < 1.29 is 14.6 Å². The number of likely N-dealkylation sites (N-methyl/N-ethyl adjacent to an activating group) is 1. The molecule has 0 atom stereocenters. The molecular weight excluding hydrogens is 232 g/mol. The first-order chi connectivity index (χ1) is 8.58. The summed E-state index contributed by atoms with van der Waals surface area (Å²) in [6, 6.07) is 5.19. The summed E-state index contributed by atoms with van der Waals surface area (Å²) >= 11 is 0. The summed E-state index contributed by atoms with van der Waals surface area (Å²) in [6.45, 7) is 1.33. The van der Waals surface area contributed by atoms with Gasteiger partial charge >= 0.3 is 5.97 Å². The first-order valence-corrected chi connectivity index (χ1v) is 6.04. The van der Waals surface area contributed by atoms with Crippen LogP contribution >= 0.6 is 0 Å². The van der Waals surface area contributed by atoms with Gasteiger partial charge in [0.25, 0.3) is 0 Å². The van der Waals surface area contributed by atoms with Crippen molar-refractivity contribution in [3.05, 3.63) is 23.8 Å². The number of nitrogens with two attached hydrogens (primary N) is 1. The van der Waals surface area contributed by atoms with Crippen molar-refractivity contribution in [1.29, 1.82) is 0 Å². The molecule has 0 spiro atoms. The second-order valence-corrected chi connectivity index (χ2v) is 4.62. The fraction of sp³-hybridized carbons (Fsp3) is 0.462. The van der Waals surface area contributed by atoms with Crippen LogP contribution in [0.2, 0.25) is 0 Å². The van der Waals surface area contributed by atoms with E-state index in [0.29, 0.717) is 24.1 Å². The highest BCUT2D eigenvalue weighted by Crippen LogP contribution is 2.26. The zero-order chi connectivity index (χ0) is 13.1. The van der Waals surface area contributed by atoms with Crippen molar-refractivity contribution in [2.24, 2.45) is 0 Å². The predicted octanol–water partition coefficient (Wildman–Crippen LogP) is 1.44. The first kappa shape index (κ1) is 12.7. The molecule has 1 fully saturated rings. The highest BCUT2D eigenvalue weighted by atomic mass is 16.5. The van der Waals surface area contributed by atoms with Gasteiger partial charge in [0.05, 0.1) is 11.3 Å². The molecule has 0 heterocycles. The molecule has 98 valence electrons. The number of hydrogen-bond donors (Lipinski definition) is 2. The SMILES string of the molecule is CN(CCOc1cc(C(=O)O)ccc1N)C1CC1. The fourth-order valence-corrected chi connectivity index (χ4v) is 1.79. The van der Waals surface area contributed by atoms with Gasteiger partial charge in [0.2, 0.25) is 0 Å². The van der Waals surface area contributed by atoms with E-state index >= 15 is 0 Å². The lowest BCUT2D eigenvalue weighted by molar-refractivity contribution is 0.0696. The summed E-state index contributed by atoms with van der Waals surface area (Å²) in [4.78, 5) is 13.1. The third-order valence-electron chi connectivity index (χ3n) is 3.13.